The average molecular weight is 279 g/mol. The van der Waals surface area contributed by atoms with E-state index in [0.717, 1.165) is 6.54 Å². The Morgan fingerprint density at radius 3 is 2.55 bits per heavy atom. The van der Waals surface area contributed by atoms with Gasteiger partial charge in [-0.3, -0.25) is 14.5 Å². The molecule has 0 spiro atoms. The number of methoxy groups -OCH3 is 1. The van der Waals surface area contributed by atoms with Crippen molar-refractivity contribution in [2.45, 2.75) is 13.8 Å². The van der Waals surface area contributed by atoms with Crippen molar-refractivity contribution in [1.82, 2.24) is 4.90 Å². The van der Waals surface area contributed by atoms with Crippen molar-refractivity contribution in [3.05, 3.63) is 29.8 Å². The molecule has 110 valence electrons. The second-order valence-corrected chi connectivity index (χ2v) is 4.35. The standard InChI is InChI=1S/C15H21NO4/c1-4-16(11-15(18)19-3)9-10-20-14-8-6-5-7-13(14)12(2)17/h5-8H,4,9-11H2,1-3H3. The fourth-order valence-corrected chi connectivity index (χ4v) is 1.76. The van der Waals surface area contributed by atoms with E-state index >= 15 is 0 Å². The first-order valence-corrected chi connectivity index (χ1v) is 6.60. The van der Waals surface area contributed by atoms with E-state index in [1.54, 1.807) is 18.2 Å². The van der Waals surface area contributed by atoms with Gasteiger partial charge >= 0.3 is 5.97 Å². The van der Waals surface area contributed by atoms with Crippen LogP contribution in [0.4, 0.5) is 0 Å². The van der Waals surface area contributed by atoms with Crippen molar-refractivity contribution in [2.24, 2.45) is 0 Å². The molecule has 20 heavy (non-hydrogen) atoms. The molecule has 0 aliphatic carbocycles. The number of likely N-dealkylation sites (N-methyl/N-ethyl adjacent to an activating group) is 1. The van der Waals surface area contributed by atoms with Gasteiger partial charge in [0.2, 0.25) is 0 Å². The number of nitrogens with zero attached hydrogens (tertiary/aromatic N) is 1. The number of Topliss-reactive ketones (excluding diaryl/α,β-unsaturated/α-hetero) is 1. The van der Waals surface area contributed by atoms with Crippen molar-refractivity contribution in [1.29, 1.82) is 0 Å². The van der Waals surface area contributed by atoms with Crippen LogP contribution in [0, 0.1) is 0 Å². The Labute approximate surface area is 119 Å². The first kappa shape index (κ1) is 16.2. The lowest BCUT2D eigenvalue weighted by atomic mass is 10.1. The van der Waals surface area contributed by atoms with E-state index in [9.17, 15) is 9.59 Å². The van der Waals surface area contributed by atoms with Gasteiger partial charge in [-0.25, -0.2) is 0 Å². The molecule has 0 N–H and O–H groups in total. The largest absolute Gasteiger partial charge is 0.491 e. The summed E-state index contributed by atoms with van der Waals surface area (Å²) in [5.41, 5.74) is 0.573. The zero-order valence-corrected chi connectivity index (χ0v) is 12.2. The molecule has 0 heterocycles. The molecular formula is C15H21NO4. The number of benzene rings is 1. The minimum atomic E-state index is -0.268. The molecule has 1 aromatic carbocycles. The van der Waals surface area contributed by atoms with Crippen molar-refractivity contribution >= 4 is 11.8 Å². The number of hydrogen-bond acceptors (Lipinski definition) is 5. The lowest BCUT2D eigenvalue weighted by Gasteiger charge is -2.19. The van der Waals surface area contributed by atoms with Gasteiger partial charge in [0.05, 0.1) is 19.2 Å². The summed E-state index contributed by atoms with van der Waals surface area (Å²) < 4.78 is 10.3. The monoisotopic (exact) mass is 279 g/mol. The number of para-hydroxylation sites is 1. The molecule has 0 unspecified atom stereocenters. The first-order valence-electron chi connectivity index (χ1n) is 6.60. The van der Waals surface area contributed by atoms with Gasteiger partial charge in [-0.15, -0.1) is 0 Å². The predicted molar refractivity (Wildman–Crippen MR) is 76.1 cm³/mol. The van der Waals surface area contributed by atoms with Crippen LogP contribution < -0.4 is 4.74 Å². The minimum absolute atomic E-state index is 0.0255. The van der Waals surface area contributed by atoms with Gasteiger partial charge in [-0.1, -0.05) is 19.1 Å². The van der Waals surface area contributed by atoms with Gasteiger partial charge in [0, 0.05) is 6.54 Å². The highest BCUT2D eigenvalue weighted by atomic mass is 16.5. The van der Waals surface area contributed by atoms with Crippen LogP contribution in [0.1, 0.15) is 24.2 Å². The lowest BCUT2D eigenvalue weighted by Crippen LogP contribution is -2.33. The van der Waals surface area contributed by atoms with Crippen LogP contribution in [0.25, 0.3) is 0 Å². The average Bonchev–Trinajstić information content (AvgIpc) is 2.46. The third-order valence-electron chi connectivity index (χ3n) is 2.96. The molecule has 1 aromatic rings. The Kier molecular flexibility index (Phi) is 6.73. The predicted octanol–water partition coefficient (Wildman–Crippen LogP) is 1.76. The fraction of sp³-hybridized carbons (Fsp3) is 0.467. The minimum Gasteiger partial charge on any atom is -0.491 e. The summed E-state index contributed by atoms with van der Waals surface area (Å²) in [5.74, 6) is 0.285. The zero-order chi connectivity index (χ0) is 15.0. The van der Waals surface area contributed by atoms with E-state index in [4.69, 9.17) is 4.74 Å². The maximum atomic E-state index is 11.5. The van der Waals surface area contributed by atoms with Crippen LogP contribution in [0.5, 0.6) is 5.75 Å². The second kappa shape index (κ2) is 8.32. The first-order chi connectivity index (χ1) is 9.58. The summed E-state index contributed by atoms with van der Waals surface area (Å²) >= 11 is 0. The Bertz CT molecular complexity index is 459. The number of ether oxygens (including phenoxy) is 2. The summed E-state index contributed by atoms with van der Waals surface area (Å²) in [6.07, 6.45) is 0. The summed E-state index contributed by atoms with van der Waals surface area (Å²) in [6.45, 7) is 5.45. The molecule has 0 saturated carbocycles. The number of hydrogen-bond donors (Lipinski definition) is 0. The molecule has 0 bridgehead atoms. The highest BCUT2D eigenvalue weighted by Gasteiger charge is 2.10. The van der Waals surface area contributed by atoms with Crippen molar-refractivity contribution in [3.8, 4) is 5.75 Å². The highest BCUT2D eigenvalue weighted by molar-refractivity contribution is 5.96. The number of esters is 1. The van der Waals surface area contributed by atoms with Crippen LogP contribution in [-0.2, 0) is 9.53 Å². The van der Waals surface area contributed by atoms with E-state index in [1.807, 2.05) is 17.9 Å². The molecule has 0 radical (unpaired) electrons. The van der Waals surface area contributed by atoms with Crippen LogP contribution in [0.2, 0.25) is 0 Å². The topological polar surface area (TPSA) is 55.8 Å². The molecule has 0 saturated heterocycles. The maximum Gasteiger partial charge on any atom is 0.319 e. The third-order valence-corrected chi connectivity index (χ3v) is 2.96. The van der Waals surface area contributed by atoms with Gasteiger partial charge in [-0.05, 0) is 25.6 Å². The Hall–Kier alpha value is -1.88. The summed E-state index contributed by atoms with van der Waals surface area (Å²) in [4.78, 5) is 24.6. The Morgan fingerprint density at radius 2 is 1.95 bits per heavy atom. The normalized spacial score (nSPS) is 10.4. The second-order valence-electron chi connectivity index (χ2n) is 4.35. The van der Waals surface area contributed by atoms with Crippen LogP contribution >= 0.6 is 0 Å². The SMILES string of the molecule is CCN(CCOc1ccccc1C(C)=O)CC(=O)OC. The van der Waals surface area contributed by atoms with Gasteiger partial charge in [0.25, 0.3) is 0 Å². The maximum absolute atomic E-state index is 11.5. The molecule has 0 aromatic heterocycles. The molecule has 0 amide bonds. The molecule has 0 aliphatic rings. The molecule has 1 rings (SSSR count). The number of rotatable bonds is 8. The van der Waals surface area contributed by atoms with Crippen molar-refractivity contribution in [2.75, 3.05) is 33.4 Å². The molecule has 0 atom stereocenters. The number of ketones is 1. The quantitative estimate of drug-likeness (QED) is 0.536. The van der Waals surface area contributed by atoms with Crippen LogP contribution in [0.3, 0.4) is 0 Å². The van der Waals surface area contributed by atoms with Gasteiger partial charge in [0.1, 0.15) is 12.4 Å². The van der Waals surface area contributed by atoms with Crippen molar-refractivity contribution < 1.29 is 19.1 Å². The highest BCUT2D eigenvalue weighted by Crippen LogP contribution is 2.18. The molecular weight excluding hydrogens is 258 g/mol. The van der Waals surface area contributed by atoms with Crippen molar-refractivity contribution in [3.63, 3.8) is 0 Å². The van der Waals surface area contributed by atoms with E-state index in [1.165, 1.54) is 14.0 Å². The van der Waals surface area contributed by atoms with Gasteiger partial charge in [0.15, 0.2) is 5.78 Å². The molecule has 5 nitrogen and oxygen atoms in total. The number of carbonyl (C=O) groups excluding carboxylic acids is 2. The molecule has 5 heteroatoms. The molecule has 0 fully saturated rings. The van der Waals surface area contributed by atoms with Gasteiger partial charge < -0.3 is 9.47 Å². The number of carbonyl (C=O) groups is 2. The Morgan fingerprint density at radius 1 is 1.25 bits per heavy atom. The zero-order valence-electron chi connectivity index (χ0n) is 12.2. The third kappa shape index (κ3) is 5.01. The van der Waals surface area contributed by atoms with Crippen LogP contribution in [0.15, 0.2) is 24.3 Å². The van der Waals surface area contributed by atoms with E-state index in [-0.39, 0.29) is 18.3 Å². The summed E-state index contributed by atoms with van der Waals surface area (Å²) in [5, 5.41) is 0. The van der Waals surface area contributed by atoms with E-state index < -0.39 is 0 Å². The fourth-order valence-electron chi connectivity index (χ4n) is 1.76. The van der Waals surface area contributed by atoms with Gasteiger partial charge in [-0.2, -0.15) is 0 Å². The van der Waals surface area contributed by atoms with Crippen LogP contribution in [-0.4, -0.2) is 50.0 Å². The summed E-state index contributed by atoms with van der Waals surface area (Å²) in [6, 6.07) is 7.14. The van der Waals surface area contributed by atoms with E-state index in [0.29, 0.717) is 24.5 Å². The lowest BCUT2D eigenvalue weighted by molar-refractivity contribution is -0.141. The molecule has 0 aliphatic heterocycles. The smallest absolute Gasteiger partial charge is 0.319 e. The summed E-state index contributed by atoms with van der Waals surface area (Å²) in [7, 11) is 1.37. The Balaban J connectivity index is 2.51. The van der Waals surface area contributed by atoms with E-state index in [2.05, 4.69) is 4.74 Å².